The van der Waals surface area contributed by atoms with Gasteiger partial charge in [0.1, 0.15) is 5.82 Å². The third-order valence-electron chi connectivity index (χ3n) is 5.43. The molecule has 0 aromatic heterocycles. The monoisotopic (exact) mass is 453 g/mol. The molecule has 0 radical (unpaired) electrons. The van der Waals surface area contributed by atoms with E-state index in [4.69, 9.17) is 17.3 Å². The highest BCUT2D eigenvalue weighted by atomic mass is 35.5. The van der Waals surface area contributed by atoms with Crippen molar-refractivity contribution in [2.45, 2.75) is 49.6 Å². The van der Waals surface area contributed by atoms with Crippen LogP contribution in [-0.4, -0.2) is 20.4 Å². The summed E-state index contributed by atoms with van der Waals surface area (Å²) < 4.78 is 40.9. The van der Waals surface area contributed by atoms with Crippen LogP contribution in [0.5, 0.6) is 0 Å². The number of anilines is 1. The zero-order chi connectivity index (χ0) is 21.9. The molecule has 3 rings (SSSR count). The molecular weight excluding hydrogens is 429 g/mol. The Labute approximate surface area is 181 Å². The summed E-state index contributed by atoms with van der Waals surface area (Å²) in [6, 6.07) is 9.75. The molecular formula is C21H25ClFN3O3S. The molecule has 1 amide bonds. The Kier molecular flexibility index (Phi) is 7.00. The smallest absolute Gasteiger partial charge is 0.240 e. The molecule has 2 aromatic carbocycles. The van der Waals surface area contributed by atoms with Gasteiger partial charge in [0.15, 0.2) is 0 Å². The van der Waals surface area contributed by atoms with E-state index in [-0.39, 0.29) is 39.6 Å². The molecule has 1 atom stereocenters. The normalized spacial score (nSPS) is 20.5. The number of halogens is 2. The van der Waals surface area contributed by atoms with E-state index in [9.17, 15) is 17.6 Å². The lowest BCUT2D eigenvalue weighted by Crippen LogP contribution is -2.41. The molecule has 1 aliphatic rings. The summed E-state index contributed by atoms with van der Waals surface area (Å²) in [5.41, 5.74) is 6.78. The van der Waals surface area contributed by atoms with Crippen LogP contribution in [0.3, 0.4) is 0 Å². The third kappa shape index (κ3) is 5.50. The summed E-state index contributed by atoms with van der Waals surface area (Å²) in [7, 11) is -3.72. The molecule has 2 aromatic rings. The largest absolute Gasteiger partial charge is 0.398 e. The van der Waals surface area contributed by atoms with Gasteiger partial charge < -0.3 is 11.1 Å². The Morgan fingerprint density at radius 3 is 2.37 bits per heavy atom. The van der Waals surface area contributed by atoms with Gasteiger partial charge in [-0.2, -0.15) is 0 Å². The van der Waals surface area contributed by atoms with Crippen LogP contribution in [0.25, 0.3) is 0 Å². The second-order valence-corrected chi connectivity index (χ2v) is 9.76. The van der Waals surface area contributed by atoms with Crippen LogP contribution < -0.4 is 15.8 Å². The van der Waals surface area contributed by atoms with Crippen LogP contribution >= 0.6 is 11.6 Å². The lowest BCUT2D eigenvalue weighted by Gasteiger charge is -2.29. The molecule has 0 unspecified atom stereocenters. The molecule has 9 heteroatoms. The van der Waals surface area contributed by atoms with Gasteiger partial charge in [0.25, 0.3) is 0 Å². The van der Waals surface area contributed by atoms with Crippen molar-refractivity contribution in [3.8, 4) is 0 Å². The fourth-order valence-corrected chi connectivity index (χ4v) is 5.18. The van der Waals surface area contributed by atoms with Crippen LogP contribution in [0.15, 0.2) is 47.4 Å². The van der Waals surface area contributed by atoms with E-state index in [0.29, 0.717) is 31.4 Å². The summed E-state index contributed by atoms with van der Waals surface area (Å²) in [6.07, 6.45) is 2.28. The van der Waals surface area contributed by atoms with Crippen LogP contribution in [0.1, 0.15) is 44.2 Å². The third-order valence-corrected chi connectivity index (χ3v) is 7.28. The summed E-state index contributed by atoms with van der Waals surface area (Å²) in [5.74, 6) is -0.572. The second-order valence-electron chi connectivity index (χ2n) is 7.63. The molecule has 1 fully saturated rings. The molecule has 1 aliphatic carbocycles. The summed E-state index contributed by atoms with van der Waals surface area (Å²) in [5, 5.41) is 3.15. The number of benzene rings is 2. The minimum atomic E-state index is -3.72. The lowest BCUT2D eigenvalue weighted by atomic mass is 9.85. The number of amides is 1. The number of sulfonamides is 1. The topological polar surface area (TPSA) is 101 Å². The summed E-state index contributed by atoms with van der Waals surface area (Å²) in [6.45, 7) is 1.85. The highest BCUT2D eigenvalue weighted by Crippen LogP contribution is 2.28. The number of carbonyl (C=O) groups is 1. The van der Waals surface area contributed by atoms with Crippen molar-refractivity contribution in [2.24, 2.45) is 5.92 Å². The van der Waals surface area contributed by atoms with Gasteiger partial charge in [-0.25, -0.2) is 17.5 Å². The maximum Gasteiger partial charge on any atom is 0.240 e. The van der Waals surface area contributed by atoms with Gasteiger partial charge >= 0.3 is 0 Å². The Balaban J connectivity index is 1.53. The average Bonchev–Trinajstić information content (AvgIpc) is 2.70. The van der Waals surface area contributed by atoms with Crippen LogP contribution in [-0.2, 0) is 14.8 Å². The zero-order valence-electron chi connectivity index (χ0n) is 16.6. The molecule has 1 saturated carbocycles. The number of nitrogens with one attached hydrogen (secondary N) is 2. The molecule has 6 nitrogen and oxygen atoms in total. The fourth-order valence-electron chi connectivity index (χ4n) is 3.60. The Bertz CT molecular complexity index is 1010. The number of hydrogen-bond donors (Lipinski definition) is 3. The minimum Gasteiger partial charge on any atom is -0.398 e. The SMILES string of the molecule is C[C@@H](NC(=O)C1CCC(NS(=O)(=O)c2ccc(N)c(Cl)c2)CC1)c1ccc(F)cc1. The predicted molar refractivity (Wildman–Crippen MR) is 115 cm³/mol. The maximum atomic E-state index is 13.1. The highest BCUT2D eigenvalue weighted by Gasteiger charge is 2.30. The summed E-state index contributed by atoms with van der Waals surface area (Å²) in [4.78, 5) is 12.6. The van der Waals surface area contributed by atoms with Crippen LogP contribution in [0, 0.1) is 11.7 Å². The van der Waals surface area contributed by atoms with Crippen molar-refractivity contribution >= 4 is 33.2 Å². The van der Waals surface area contributed by atoms with Gasteiger partial charge in [-0.1, -0.05) is 23.7 Å². The second kappa shape index (κ2) is 9.32. The van der Waals surface area contributed by atoms with E-state index < -0.39 is 10.0 Å². The molecule has 162 valence electrons. The van der Waals surface area contributed by atoms with Crippen molar-refractivity contribution < 1.29 is 17.6 Å². The lowest BCUT2D eigenvalue weighted by molar-refractivity contribution is -0.126. The molecule has 0 bridgehead atoms. The van der Waals surface area contributed by atoms with Gasteiger partial charge in [0.05, 0.1) is 21.6 Å². The van der Waals surface area contributed by atoms with Gasteiger partial charge in [-0.05, 0) is 68.5 Å². The molecule has 30 heavy (non-hydrogen) atoms. The molecule has 4 N–H and O–H groups in total. The number of nitrogens with two attached hydrogens (primary N) is 1. The highest BCUT2D eigenvalue weighted by molar-refractivity contribution is 7.89. The fraction of sp³-hybridized carbons (Fsp3) is 0.381. The maximum absolute atomic E-state index is 13.1. The van der Waals surface area contributed by atoms with Crippen molar-refractivity contribution in [3.05, 3.63) is 58.9 Å². The number of carbonyl (C=O) groups excluding carboxylic acids is 1. The van der Waals surface area contributed by atoms with E-state index in [0.717, 1.165) is 5.56 Å². The quantitative estimate of drug-likeness (QED) is 0.579. The Hall–Kier alpha value is -2.16. The molecule has 0 heterocycles. The van der Waals surface area contributed by atoms with Crippen molar-refractivity contribution in [1.29, 1.82) is 0 Å². The first-order valence-corrected chi connectivity index (χ1v) is 11.6. The number of hydrogen-bond acceptors (Lipinski definition) is 4. The number of rotatable bonds is 6. The number of nitrogen functional groups attached to an aromatic ring is 1. The van der Waals surface area contributed by atoms with E-state index in [1.807, 2.05) is 6.92 Å². The molecule has 0 spiro atoms. The van der Waals surface area contributed by atoms with E-state index in [1.54, 1.807) is 12.1 Å². The van der Waals surface area contributed by atoms with Gasteiger partial charge in [0.2, 0.25) is 15.9 Å². The standard InChI is InChI=1S/C21H25ClFN3O3S/c1-13(14-2-6-16(23)7-3-14)25-21(27)15-4-8-17(9-5-15)26-30(28,29)18-10-11-20(24)19(22)12-18/h2-3,6-7,10-13,15,17,26H,4-5,8-9,24H2,1H3,(H,25,27)/t13-,15?,17?/m1/s1. The van der Waals surface area contributed by atoms with Crippen LogP contribution in [0.2, 0.25) is 5.02 Å². The minimum absolute atomic E-state index is 0.0645. The van der Waals surface area contributed by atoms with E-state index in [2.05, 4.69) is 10.0 Å². The first-order valence-electron chi connectivity index (χ1n) is 9.79. The van der Waals surface area contributed by atoms with Gasteiger partial charge in [-0.15, -0.1) is 0 Å². The summed E-state index contributed by atoms with van der Waals surface area (Å²) >= 11 is 5.93. The van der Waals surface area contributed by atoms with Gasteiger partial charge in [-0.3, -0.25) is 4.79 Å². The van der Waals surface area contributed by atoms with E-state index in [1.165, 1.54) is 30.3 Å². The molecule has 0 aliphatic heterocycles. The van der Waals surface area contributed by atoms with E-state index >= 15 is 0 Å². The average molecular weight is 454 g/mol. The van der Waals surface area contributed by atoms with Crippen molar-refractivity contribution in [3.63, 3.8) is 0 Å². The van der Waals surface area contributed by atoms with Crippen LogP contribution in [0.4, 0.5) is 10.1 Å². The Morgan fingerprint density at radius 1 is 1.13 bits per heavy atom. The van der Waals surface area contributed by atoms with Crippen molar-refractivity contribution in [1.82, 2.24) is 10.0 Å². The molecule has 0 saturated heterocycles. The van der Waals surface area contributed by atoms with Crippen molar-refractivity contribution in [2.75, 3.05) is 5.73 Å². The predicted octanol–water partition coefficient (Wildman–Crippen LogP) is 3.78. The zero-order valence-corrected chi connectivity index (χ0v) is 18.1. The first kappa shape index (κ1) is 22.5. The Morgan fingerprint density at radius 2 is 1.77 bits per heavy atom. The van der Waals surface area contributed by atoms with Gasteiger partial charge in [0, 0.05) is 12.0 Å². The first-order chi connectivity index (χ1) is 14.2.